The van der Waals surface area contributed by atoms with Crippen molar-refractivity contribution in [2.24, 2.45) is 0 Å². The van der Waals surface area contributed by atoms with Gasteiger partial charge in [0, 0.05) is 21.9 Å². The fourth-order valence-electron chi connectivity index (χ4n) is 4.01. The third kappa shape index (κ3) is 2.72. The van der Waals surface area contributed by atoms with Crippen LogP contribution in [0.15, 0.2) is 66.7 Å². The summed E-state index contributed by atoms with van der Waals surface area (Å²) in [6.45, 7) is 7.91. The lowest BCUT2D eigenvalue weighted by molar-refractivity contribution is 0.00578. The van der Waals surface area contributed by atoms with Crippen molar-refractivity contribution in [3.8, 4) is 5.69 Å². The van der Waals surface area contributed by atoms with E-state index >= 15 is 4.39 Å². The highest BCUT2D eigenvalue weighted by Crippen LogP contribution is 2.38. The second-order valence-corrected chi connectivity index (χ2v) is 8.67. The van der Waals surface area contributed by atoms with Gasteiger partial charge in [-0.25, -0.2) is 4.39 Å². The summed E-state index contributed by atoms with van der Waals surface area (Å²) in [6, 6.07) is 21.7. The van der Waals surface area contributed by atoms with Crippen LogP contribution in [-0.2, 0) is 9.31 Å². The Morgan fingerprint density at radius 1 is 0.759 bits per heavy atom. The number of benzene rings is 3. The molecule has 2 heterocycles. The van der Waals surface area contributed by atoms with Crippen LogP contribution < -0.4 is 5.46 Å². The number of aromatic nitrogens is 1. The van der Waals surface area contributed by atoms with Crippen LogP contribution in [0.25, 0.3) is 27.5 Å². The minimum absolute atomic E-state index is 0.323. The molecule has 0 spiro atoms. The van der Waals surface area contributed by atoms with Crippen molar-refractivity contribution in [1.29, 1.82) is 0 Å². The monoisotopic (exact) mass is 387 g/mol. The molecule has 29 heavy (non-hydrogen) atoms. The number of hydrogen-bond acceptors (Lipinski definition) is 2. The summed E-state index contributed by atoms with van der Waals surface area (Å²) >= 11 is 0. The van der Waals surface area contributed by atoms with Crippen LogP contribution in [0.3, 0.4) is 0 Å². The smallest absolute Gasteiger partial charge is 0.399 e. The Kier molecular flexibility index (Phi) is 3.93. The van der Waals surface area contributed by atoms with Gasteiger partial charge in [-0.2, -0.15) is 0 Å². The molecule has 0 radical (unpaired) electrons. The molecule has 1 aliphatic rings. The third-order valence-corrected chi connectivity index (χ3v) is 6.31. The van der Waals surface area contributed by atoms with Crippen molar-refractivity contribution in [2.45, 2.75) is 38.9 Å². The zero-order valence-electron chi connectivity index (χ0n) is 17.1. The van der Waals surface area contributed by atoms with E-state index in [0.29, 0.717) is 5.46 Å². The molecular formula is C24H23BFNO2. The Morgan fingerprint density at radius 2 is 1.38 bits per heavy atom. The molecule has 0 N–H and O–H groups in total. The molecule has 1 aliphatic heterocycles. The zero-order valence-corrected chi connectivity index (χ0v) is 17.1. The topological polar surface area (TPSA) is 23.4 Å². The Balaban J connectivity index is 1.76. The molecule has 0 aliphatic carbocycles. The Hall–Kier alpha value is -2.63. The highest BCUT2D eigenvalue weighted by Gasteiger charge is 2.52. The van der Waals surface area contributed by atoms with Crippen molar-refractivity contribution in [3.63, 3.8) is 0 Å². The van der Waals surface area contributed by atoms with Crippen LogP contribution in [0.4, 0.5) is 4.39 Å². The van der Waals surface area contributed by atoms with Crippen LogP contribution in [-0.4, -0.2) is 22.9 Å². The van der Waals surface area contributed by atoms with E-state index in [4.69, 9.17) is 9.31 Å². The highest BCUT2D eigenvalue weighted by molar-refractivity contribution is 6.62. The molecule has 0 unspecified atom stereocenters. The van der Waals surface area contributed by atoms with Crippen LogP contribution in [0, 0.1) is 5.82 Å². The molecule has 3 nitrogen and oxygen atoms in total. The number of nitrogens with zero attached hydrogens (tertiary/aromatic N) is 1. The molecule has 1 fully saturated rings. The maximum atomic E-state index is 15.3. The van der Waals surface area contributed by atoms with E-state index in [9.17, 15) is 0 Å². The predicted octanol–water partition coefficient (Wildman–Crippen LogP) is 5.22. The molecule has 5 rings (SSSR count). The molecule has 0 bridgehead atoms. The van der Waals surface area contributed by atoms with Gasteiger partial charge in [0.1, 0.15) is 5.82 Å². The third-order valence-electron chi connectivity index (χ3n) is 6.31. The summed E-state index contributed by atoms with van der Waals surface area (Å²) in [5, 5.41) is 2.06. The van der Waals surface area contributed by atoms with Gasteiger partial charge in [-0.3, -0.25) is 0 Å². The van der Waals surface area contributed by atoms with Gasteiger partial charge >= 0.3 is 7.12 Å². The second kappa shape index (κ2) is 6.18. The van der Waals surface area contributed by atoms with Crippen molar-refractivity contribution in [2.75, 3.05) is 0 Å². The maximum absolute atomic E-state index is 15.3. The Labute approximate surface area is 170 Å². The summed E-state index contributed by atoms with van der Waals surface area (Å²) in [7, 11) is -0.733. The first-order valence-corrected chi connectivity index (χ1v) is 9.92. The SMILES string of the molecule is CC1(C)OB(c2cc3c4ccccc4n(-c4ccccc4)c3cc2F)OC1(C)C. The van der Waals surface area contributed by atoms with Crippen LogP contribution in [0.1, 0.15) is 27.7 Å². The molecule has 1 aromatic heterocycles. The molecule has 0 amide bonds. The summed E-state index contributed by atoms with van der Waals surface area (Å²) in [6.07, 6.45) is 0. The molecule has 0 atom stereocenters. The normalized spacial score (nSPS) is 18.0. The number of halogens is 1. The van der Waals surface area contributed by atoms with Gasteiger partial charge in [0.2, 0.25) is 0 Å². The van der Waals surface area contributed by atoms with E-state index in [0.717, 1.165) is 27.5 Å². The average Bonchev–Trinajstić information content (AvgIpc) is 3.11. The molecule has 0 saturated carbocycles. The largest absolute Gasteiger partial charge is 0.497 e. The maximum Gasteiger partial charge on any atom is 0.497 e. The van der Waals surface area contributed by atoms with E-state index in [2.05, 4.69) is 16.7 Å². The first-order valence-electron chi connectivity index (χ1n) is 9.92. The van der Waals surface area contributed by atoms with Gasteiger partial charge in [0.05, 0.1) is 22.2 Å². The van der Waals surface area contributed by atoms with Crippen molar-refractivity contribution in [3.05, 3.63) is 72.5 Å². The Bertz CT molecular complexity index is 1210. The highest BCUT2D eigenvalue weighted by atomic mass is 19.1. The minimum Gasteiger partial charge on any atom is -0.399 e. The van der Waals surface area contributed by atoms with Crippen LogP contribution in [0.5, 0.6) is 0 Å². The number of fused-ring (bicyclic) bond motifs is 3. The van der Waals surface area contributed by atoms with E-state index in [1.807, 2.05) is 76.2 Å². The van der Waals surface area contributed by atoms with Gasteiger partial charge in [0.15, 0.2) is 0 Å². The average molecular weight is 387 g/mol. The van der Waals surface area contributed by atoms with Crippen molar-refractivity contribution < 1.29 is 13.7 Å². The van der Waals surface area contributed by atoms with Gasteiger partial charge < -0.3 is 13.9 Å². The second-order valence-electron chi connectivity index (χ2n) is 8.67. The fraction of sp³-hybridized carbons (Fsp3) is 0.250. The standard InChI is InChI=1S/C24H23BFNO2/c1-23(2)24(3,4)29-25(28-23)19-14-18-17-12-8-9-13-21(17)27(22(18)15-20(19)26)16-10-6-5-7-11-16/h5-15H,1-4H3. The van der Waals surface area contributed by atoms with Gasteiger partial charge in [-0.05, 0) is 58.0 Å². The van der Waals surface area contributed by atoms with E-state index in [1.54, 1.807) is 6.07 Å². The summed E-state index contributed by atoms with van der Waals surface area (Å²) in [5.74, 6) is -0.323. The van der Waals surface area contributed by atoms with Crippen molar-refractivity contribution >= 4 is 34.4 Å². The molecule has 1 saturated heterocycles. The Morgan fingerprint density at radius 3 is 2.07 bits per heavy atom. The lowest BCUT2D eigenvalue weighted by atomic mass is 9.78. The first kappa shape index (κ1) is 18.4. The first-order chi connectivity index (χ1) is 13.8. The summed E-state index contributed by atoms with van der Waals surface area (Å²) in [5.41, 5.74) is 2.27. The summed E-state index contributed by atoms with van der Waals surface area (Å²) in [4.78, 5) is 0. The lowest BCUT2D eigenvalue weighted by Gasteiger charge is -2.32. The van der Waals surface area contributed by atoms with E-state index in [-0.39, 0.29) is 5.82 Å². The van der Waals surface area contributed by atoms with Crippen LogP contribution in [0.2, 0.25) is 0 Å². The summed E-state index contributed by atoms with van der Waals surface area (Å²) < 4.78 is 29.7. The van der Waals surface area contributed by atoms with Gasteiger partial charge in [-0.1, -0.05) is 36.4 Å². The minimum atomic E-state index is -0.733. The lowest BCUT2D eigenvalue weighted by Crippen LogP contribution is -2.41. The van der Waals surface area contributed by atoms with Crippen LogP contribution >= 0.6 is 0 Å². The fourth-order valence-corrected chi connectivity index (χ4v) is 4.01. The van der Waals surface area contributed by atoms with E-state index in [1.165, 1.54) is 0 Å². The molecule has 146 valence electrons. The number of para-hydroxylation sites is 2. The van der Waals surface area contributed by atoms with Gasteiger partial charge in [-0.15, -0.1) is 0 Å². The number of rotatable bonds is 2. The predicted molar refractivity (Wildman–Crippen MR) is 116 cm³/mol. The van der Waals surface area contributed by atoms with Crippen molar-refractivity contribution in [1.82, 2.24) is 4.57 Å². The number of hydrogen-bond donors (Lipinski definition) is 0. The molecule has 4 aromatic rings. The van der Waals surface area contributed by atoms with Gasteiger partial charge in [0.25, 0.3) is 0 Å². The zero-order chi connectivity index (χ0) is 20.4. The molecule has 5 heteroatoms. The quantitative estimate of drug-likeness (QED) is 0.440. The molecular weight excluding hydrogens is 364 g/mol. The van der Waals surface area contributed by atoms with E-state index < -0.39 is 18.3 Å². The molecule has 3 aromatic carbocycles.